The summed E-state index contributed by atoms with van der Waals surface area (Å²) in [6, 6.07) is 0.396. The van der Waals surface area contributed by atoms with E-state index in [1.807, 2.05) is 0 Å². The summed E-state index contributed by atoms with van der Waals surface area (Å²) >= 11 is 3.40. The fraction of sp³-hybridized carbons (Fsp3) is 0.615. The zero-order valence-corrected chi connectivity index (χ0v) is 14.1. The molecule has 0 spiro atoms. The summed E-state index contributed by atoms with van der Waals surface area (Å²) in [6.45, 7) is 5.58. The largest absolute Gasteiger partial charge is 0.367 e. The molecule has 0 amide bonds. The number of halogens is 1. The Hall–Kier alpha value is -1.25. The van der Waals surface area contributed by atoms with Crippen LogP contribution >= 0.6 is 15.9 Å². The summed E-state index contributed by atoms with van der Waals surface area (Å²) in [5, 5.41) is 14.2. The van der Waals surface area contributed by atoms with Crippen LogP contribution in [0.2, 0.25) is 0 Å². The van der Waals surface area contributed by atoms with E-state index in [0.717, 1.165) is 26.2 Å². The van der Waals surface area contributed by atoms with Gasteiger partial charge in [0.1, 0.15) is 12.0 Å². The van der Waals surface area contributed by atoms with Gasteiger partial charge in [-0.1, -0.05) is 0 Å². The molecule has 1 N–H and O–H groups in total. The maximum atomic E-state index is 10.9. The van der Waals surface area contributed by atoms with Gasteiger partial charge in [0, 0.05) is 37.8 Å². The van der Waals surface area contributed by atoms with Gasteiger partial charge in [0.25, 0.3) is 5.69 Å². The van der Waals surface area contributed by atoms with Gasteiger partial charge >= 0.3 is 0 Å². The summed E-state index contributed by atoms with van der Waals surface area (Å²) in [5.74, 6) is 0.653. The van der Waals surface area contributed by atoms with E-state index in [-0.39, 0.29) is 5.69 Å². The number of nitrogens with one attached hydrogen (secondary N) is 1. The third-order valence-corrected chi connectivity index (χ3v) is 4.89. The van der Waals surface area contributed by atoms with Gasteiger partial charge in [-0.2, -0.15) is 0 Å². The number of nitro groups is 1. The van der Waals surface area contributed by atoms with Crippen molar-refractivity contribution in [3.05, 3.63) is 26.3 Å². The van der Waals surface area contributed by atoms with Crippen molar-refractivity contribution < 1.29 is 4.92 Å². The fourth-order valence-corrected chi connectivity index (χ4v) is 2.86. The van der Waals surface area contributed by atoms with Crippen LogP contribution in [0.3, 0.4) is 0 Å². The second kappa shape index (κ2) is 6.67. The number of pyridine rings is 1. The molecular formula is C13H20BrN5O2. The highest BCUT2D eigenvalue weighted by molar-refractivity contribution is 9.10. The highest BCUT2D eigenvalue weighted by Gasteiger charge is 2.23. The van der Waals surface area contributed by atoms with E-state index in [4.69, 9.17) is 0 Å². The molecular weight excluding hydrogens is 338 g/mol. The summed E-state index contributed by atoms with van der Waals surface area (Å²) < 4.78 is 0.656. The van der Waals surface area contributed by atoms with Gasteiger partial charge in [-0.15, -0.1) is 0 Å². The molecule has 1 atom stereocenters. The summed E-state index contributed by atoms with van der Waals surface area (Å²) in [7, 11) is 4.23. The van der Waals surface area contributed by atoms with Crippen LogP contribution in [-0.2, 0) is 0 Å². The molecule has 1 fully saturated rings. The number of hydrogen-bond acceptors (Lipinski definition) is 6. The second-order valence-corrected chi connectivity index (χ2v) is 6.26. The van der Waals surface area contributed by atoms with Gasteiger partial charge < -0.3 is 10.2 Å². The first-order valence-electron chi connectivity index (χ1n) is 6.82. The quantitative estimate of drug-likeness (QED) is 0.653. The van der Waals surface area contributed by atoms with Gasteiger partial charge in [0.2, 0.25) is 0 Å². The Morgan fingerprint density at radius 2 is 2.24 bits per heavy atom. The average Bonchev–Trinajstić information content (AvgIpc) is 2.43. The van der Waals surface area contributed by atoms with Crippen molar-refractivity contribution in [1.82, 2.24) is 14.8 Å². The Kier molecular flexibility index (Phi) is 5.13. The molecule has 2 heterocycles. The van der Waals surface area contributed by atoms with Gasteiger partial charge in [-0.05, 0) is 36.9 Å². The van der Waals surface area contributed by atoms with Crippen LogP contribution < -0.4 is 5.32 Å². The van der Waals surface area contributed by atoms with Gasteiger partial charge in [0.05, 0.1) is 9.40 Å². The first kappa shape index (κ1) is 16.1. The fourth-order valence-electron chi connectivity index (χ4n) is 2.41. The van der Waals surface area contributed by atoms with E-state index in [0.29, 0.717) is 21.9 Å². The Balaban J connectivity index is 2.06. The molecule has 0 aromatic carbocycles. The summed E-state index contributed by atoms with van der Waals surface area (Å²) in [5.41, 5.74) is 0.619. The second-order valence-electron chi connectivity index (χ2n) is 5.47. The highest BCUT2D eigenvalue weighted by Crippen LogP contribution is 2.30. The first-order chi connectivity index (χ1) is 9.90. The number of hydrogen-bond donors (Lipinski definition) is 1. The van der Waals surface area contributed by atoms with Crippen LogP contribution in [0.25, 0.3) is 0 Å². The van der Waals surface area contributed by atoms with Crippen molar-refractivity contribution in [2.24, 2.45) is 0 Å². The number of piperazine rings is 1. The molecule has 2 rings (SSSR count). The third kappa shape index (κ3) is 3.69. The molecule has 8 heteroatoms. The Labute approximate surface area is 132 Å². The van der Waals surface area contributed by atoms with Crippen LogP contribution in [-0.4, -0.2) is 66.0 Å². The molecule has 1 aromatic heterocycles. The molecule has 0 aliphatic carbocycles. The molecule has 7 nitrogen and oxygen atoms in total. The van der Waals surface area contributed by atoms with Gasteiger partial charge in [0.15, 0.2) is 0 Å². The SMILES string of the molecule is Cc1c([N+](=O)[O-])cnc(NCC2CN(C)CCN2C)c1Br. The van der Waals surface area contributed by atoms with E-state index in [1.165, 1.54) is 6.20 Å². The van der Waals surface area contributed by atoms with Crippen LogP contribution in [0.1, 0.15) is 5.56 Å². The number of aromatic nitrogens is 1. The smallest absolute Gasteiger partial charge is 0.291 e. The molecule has 21 heavy (non-hydrogen) atoms. The highest BCUT2D eigenvalue weighted by atomic mass is 79.9. The van der Waals surface area contributed by atoms with Crippen LogP contribution in [0, 0.1) is 17.0 Å². The van der Waals surface area contributed by atoms with E-state index in [9.17, 15) is 10.1 Å². The van der Waals surface area contributed by atoms with Crippen molar-refractivity contribution >= 4 is 27.4 Å². The lowest BCUT2D eigenvalue weighted by atomic mass is 10.2. The minimum absolute atomic E-state index is 0.0296. The molecule has 0 bridgehead atoms. The average molecular weight is 358 g/mol. The van der Waals surface area contributed by atoms with Gasteiger partial charge in [-0.25, -0.2) is 4.98 Å². The Morgan fingerprint density at radius 1 is 1.52 bits per heavy atom. The Morgan fingerprint density at radius 3 is 2.90 bits per heavy atom. The maximum Gasteiger partial charge on any atom is 0.291 e. The molecule has 0 radical (unpaired) electrons. The molecule has 1 aliphatic heterocycles. The monoisotopic (exact) mass is 357 g/mol. The molecule has 0 saturated carbocycles. The first-order valence-corrected chi connectivity index (χ1v) is 7.61. The molecule has 1 unspecified atom stereocenters. The number of rotatable bonds is 4. The summed E-state index contributed by atoms with van der Waals surface area (Å²) in [4.78, 5) is 19.2. The zero-order chi connectivity index (χ0) is 15.6. The van der Waals surface area contributed by atoms with E-state index >= 15 is 0 Å². The minimum Gasteiger partial charge on any atom is -0.367 e. The van der Waals surface area contributed by atoms with E-state index in [2.05, 4.69) is 50.1 Å². The molecule has 116 valence electrons. The maximum absolute atomic E-state index is 10.9. The van der Waals surface area contributed by atoms with E-state index in [1.54, 1.807) is 6.92 Å². The van der Waals surface area contributed by atoms with Crippen molar-refractivity contribution in [1.29, 1.82) is 0 Å². The molecule has 1 aromatic rings. The number of likely N-dealkylation sites (N-methyl/N-ethyl adjacent to an activating group) is 2. The van der Waals surface area contributed by atoms with Crippen molar-refractivity contribution in [2.45, 2.75) is 13.0 Å². The lowest BCUT2D eigenvalue weighted by Gasteiger charge is -2.37. The standard InChI is InChI=1S/C13H20BrN5O2/c1-9-11(19(20)21)7-16-13(12(9)14)15-6-10-8-17(2)4-5-18(10)3/h7,10H,4-6,8H2,1-3H3,(H,15,16). The Bertz CT molecular complexity index is 540. The molecule has 1 aliphatic rings. The third-order valence-electron chi connectivity index (χ3n) is 3.92. The van der Waals surface area contributed by atoms with Crippen LogP contribution in [0.5, 0.6) is 0 Å². The summed E-state index contributed by atoms with van der Waals surface area (Å²) in [6.07, 6.45) is 1.30. The van der Waals surface area contributed by atoms with Crippen molar-refractivity contribution in [3.8, 4) is 0 Å². The predicted molar refractivity (Wildman–Crippen MR) is 85.7 cm³/mol. The minimum atomic E-state index is -0.416. The van der Waals surface area contributed by atoms with E-state index < -0.39 is 4.92 Å². The topological polar surface area (TPSA) is 74.5 Å². The van der Waals surface area contributed by atoms with Crippen molar-refractivity contribution in [2.75, 3.05) is 45.6 Å². The zero-order valence-electron chi connectivity index (χ0n) is 12.5. The lowest BCUT2D eigenvalue weighted by Crippen LogP contribution is -2.52. The number of nitrogens with zero attached hydrogens (tertiary/aromatic N) is 4. The normalized spacial score (nSPS) is 20.5. The van der Waals surface area contributed by atoms with Crippen molar-refractivity contribution in [3.63, 3.8) is 0 Å². The van der Waals surface area contributed by atoms with Crippen LogP contribution in [0.15, 0.2) is 10.7 Å². The molecule has 1 saturated heterocycles. The number of anilines is 1. The van der Waals surface area contributed by atoms with Crippen LogP contribution in [0.4, 0.5) is 11.5 Å². The predicted octanol–water partition coefficient (Wildman–Crippen LogP) is 1.72. The van der Waals surface area contributed by atoms with Gasteiger partial charge in [-0.3, -0.25) is 15.0 Å². The lowest BCUT2D eigenvalue weighted by molar-refractivity contribution is -0.385.